The molecule has 128 valence electrons. The van der Waals surface area contributed by atoms with E-state index in [1.165, 1.54) is 24.3 Å². The monoisotopic (exact) mass is 383 g/mol. The quantitative estimate of drug-likeness (QED) is 0.808. The second-order valence-electron chi connectivity index (χ2n) is 6.40. The summed E-state index contributed by atoms with van der Waals surface area (Å²) in [6.45, 7) is 4.01. The normalized spacial score (nSPS) is 20.0. The number of thiophene rings is 1. The summed E-state index contributed by atoms with van der Waals surface area (Å²) in [4.78, 5) is 0.652. The summed E-state index contributed by atoms with van der Waals surface area (Å²) in [5.74, 6) is 0.230. The minimum atomic E-state index is -3.79. The molecule has 2 N–H and O–H groups in total. The zero-order chi connectivity index (χ0) is 17.8. The second kappa shape index (κ2) is 5.58. The highest BCUT2D eigenvalue weighted by molar-refractivity contribution is 8.24. The van der Waals surface area contributed by atoms with Gasteiger partial charge < -0.3 is 0 Å². The van der Waals surface area contributed by atoms with Crippen LogP contribution < -0.4 is 0 Å². The van der Waals surface area contributed by atoms with Gasteiger partial charge in [0.25, 0.3) is 0 Å². The third kappa shape index (κ3) is 2.76. The number of benzene rings is 1. The maximum absolute atomic E-state index is 12.8. The Hall–Kier alpha value is -1.37. The van der Waals surface area contributed by atoms with E-state index in [1.807, 2.05) is 19.9 Å². The van der Waals surface area contributed by atoms with E-state index in [4.69, 9.17) is 5.26 Å². The Kier molecular flexibility index (Phi) is 4.06. The van der Waals surface area contributed by atoms with Gasteiger partial charge in [-0.1, -0.05) is 19.9 Å². The van der Waals surface area contributed by atoms with Crippen LogP contribution in [-0.2, 0) is 15.3 Å². The highest BCUT2D eigenvalue weighted by atomic mass is 32.3. The van der Waals surface area contributed by atoms with Crippen LogP contribution in [0.1, 0.15) is 30.7 Å². The number of hydrogen-bond donors (Lipinski definition) is 2. The molecule has 0 atom stereocenters. The molecule has 5 nitrogen and oxygen atoms in total. The van der Waals surface area contributed by atoms with Crippen molar-refractivity contribution in [3.63, 3.8) is 0 Å². The van der Waals surface area contributed by atoms with Crippen molar-refractivity contribution in [3.8, 4) is 6.07 Å². The van der Waals surface area contributed by atoms with Crippen LogP contribution in [0.3, 0.4) is 0 Å². The summed E-state index contributed by atoms with van der Waals surface area (Å²) in [5.41, 5.74) is 0.535. The van der Waals surface area contributed by atoms with E-state index in [9.17, 15) is 17.5 Å². The molecule has 0 saturated heterocycles. The van der Waals surface area contributed by atoms with E-state index in [0.29, 0.717) is 16.2 Å². The van der Waals surface area contributed by atoms with Crippen LogP contribution in [-0.4, -0.2) is 23.3 Å². The first-order chi connectivity index (χ1) is 11.1. The first-order valence-corrected chi connectivity index (χ1v) is 11.2. The van der Waals surface area contributed by atoms with Crippen LogP contribution in [0.25, 0.3) is 0 Å². The summed E-state index contributed by atoms with van der Waals surface area (Å²) in [6.07, 6.45) is 0.630. The standard InChI is InChI=1S/C16H17NO4S3/c1-16(2)7-8-23(18,19)14-9-12(4-5-13(14)16)24(20,21)15-6-3-11(10-17)22-15/h3-6,9,18-19H,7-8H2,1-2H3. The summed E-state index contributed by atoms with van der Waals surface area (Å²) in [5, 5.41) is 8.87. The lowest BCUT2D eigenvalue weighted by atomic mass is 9.82. The Morgan fingerprint density at radius 3 is 2.58 bits per heavy atom. The van der Waals surface area contributed by atoms with Crippen molar-refractivity contribution in [2.24, 2.45) is 0 Å². The van der Waals surface area contributed by atoms with Gasteiger partial charge in [-0.15, -0.1) is 11.3 Å². The van der Waals surface area contributed by atoms with Crippen LogP contribution in [0, 0.1) is 11.3 Å². The maximum Gasteiger partial charge on any atom is 0.216 e. The van der Waals surface area contributed by atoms with Crippen LogP contribution in [0.4, 0.5) is 0 Å². The summed E-state index contributed by atoms with van der Waals surface area (Å²) in [6, 6.07) is 9.35. The summed E-state index contributed by atoms with van der Waals surface area (Å²) in [7, 11) is -6.78. The van der Waals surface area contributed by atoms with Crippen LogP contribution in [0.5, 0.6) is 0 Å². The predicted octanol–water partition coefficient (Wildman–Crippen LogP) is 4.24. The molecule has 1 aliphatic rings. The van der Waals surface area contributed by atoms with Gasteiger partial charge in [-0.3, -0.25) is 9.11 Å². The van der Waals surface area contributed by atoms with Crippen molar-refractivity contribution in [1.82, 2.24) is 0 Å². The molecule has 0 aliphatic carbocycles. The van der Waals surface area contributed by atoms with Crippen molar-refractivity contribution >= 4 is 31.8 Å². The van der Waals surface area contributed by atoms with E-state index < -0.39 is 20.4 Å². The average Bonchev–Trinajstić information content (AvgIpc) is 3.01. The van der Waals surface area contributed by atoms with E-state index in [1.54, 1.807) is 6.07 Å². The molecular formula is C16H17NO4S3. The van der Waals surface area contributed by atoms with Gasteiger partial charge in [-0.05, 0) is 41.7 Å². The Morgan fingerprint density at radius 1 is 1.25 bits per heavy atom. The largest absolute Gasteiger partial charge is 0.295 e. The van der Waals surface area contributed by atoms with Crippen molar-refractivity contribution < 1.29 is 17.5 Å². The molecule has 24 heavy (non-hydrogen) atoms. The highest BCUT2D eigenvalue weighted by Gasteiger charge is 2.36. The molecule has 2 aromatic rings. The predicted molar refractivity (Wildman–Crippen MR) is 94.6 cm³/mol. The molecular weight excluding hydrogens is 366 g/mol. The molecule has 1 aliphatic heterocycles. The fraction of sp³-hybridized carbons (Fsp3) is 0.312. The molecule has 0 spiro atoms. The fourth-order valence-electron chi connectivity index (χ4n) is 2.78. The lowest BCUT2D eigenvalue weighted by Crippen LogP contribution is -2.28. The number of sulfone groups is 1. The van der Waals surface area contributed by atoms with E-state index in [-0.39, 0.29) is 20.3 Å². The molecule has 0 saturated carbocycles. The lowest BCUT2D eigenvalue weighted by Gasteiger charge is -2.44. The zero-order valence-electron chi connectivity index (χ0n) is 13.2. The molecule has 8 heteroatoms. The van der Waals surface area contributed by atoms with Crippen LogP contribution in [0.2, 0.25) is 0 Å². The molecule has 0 fully saturated rings. The molecule has 1 aromatic heterocycles. The van der Waals surface area contributed by atoms with Gasteiger partial charge in [0.1, 0.15) is 15.2 Å². The SMILES string of the molecule is CC1(C)CCS(O)(O)c2cc(S(=O)(=O)c3ccc(C#N)s3)ccc21. The first kappa shape index (κ1) is 17.5. The second-order valence-corrected chi connectivity index (χ2v) is 11.8. The Morgan fingerprint density at radius 2 is 1.96 bits per heavy atom. The third-order valence-corrected chi connectivity index (χ3v) is 9.36. The van der Waals surface area contributed by atoms with Gasteiger partial charge in [0.05, 0.1) is 9.79 Å². The van der Waals surface area contributed by atoms with Crippen molar-refractivity contribution in [3.05, 3.63) is 40.8 Å². The third-order valence-electron chi connectivity index (χ3n) is 4.31. The average molecular weight is 384 g/mol. The number of nitrogens with zero attached hydrogens (tertiary/aromatic N) is 1. The first-order valence-electron chi connectivity index (χ1n) is 7.23. The van der Waals surface area contributed by atoms with E-state index >= 15 is 0 Å². The van der Waals surface area contributed by atoms with Gasteiger partial charge in [-0.2, -0.15) is 15.9 Å². The number of rotatable bonds is 2. The Bertz CT molecular complexity index is 952. The highest BCUT2D eigenvalue weighted by Crippen LogP contribution is 2.58. The minimum absolute atomic E-state index is 0.0188. The maximum atomic E-state index is 12.8. The molecule has 0 unspecified atom stereocenters. The van der Waals surface area contributed by atoms with E-state index in [2.05, 4.69) is 0 Å². The zero-order valence-corrected chi connectivity index (χ0v) is 15.6. The molecule has 1 aromatic carbocycles. The number of hydrogen-bond acceptors (Lipinski definition) is 6. The van der Waals surface area contributed by atoms with Gasteiger partial charge in [0.15, 0.2) is 0 Å². The molecule has 0 bridgehead atoms. The van der Waals surface area contributed by atoms with Crippen molar-refractivity contribution in [2.45, 2.75) is 39.7 Å². The van der Waals surface area contributed by atoms with Gasteiger partial charge in [0.2, 0.25) is 9.84 Å². The number of fused-ring (bicyclic) bond motifs is 1. The van der Waals surface area contributed by atoms with Crippen molar-refractivity contribution in [2.75, 3.05) is 5.75 Å². The number of nitriles is 1. The topological polar surface area (TPSA) is 98.4 Å². The molecule has 2 heterocycles. The van der Waals surface area contributed by atoms with Crippen LogP contribution in [0.15, 0.2) is 44.3 Å². The summed E-state index contributed by atoms with van der Waals surface area (Å²) < 4.78 is 46.3. The van der Waals surface area contributed by atoms with Gasteiger partial charge >= 0.3 is 0 Å². The Balaban J connectivity index is 2.16. The van der Waals surface area contributed by atoms with E-state index in [0.717, 1.165) is 16.9 Å². The van der Waals surface area contributed by atoms with Gasteiger partial charge in [0, 0.05) is 5.75 Å². The minimum Gasteiger partial charge on any atom is -0.295 e. The summed E-state index contributed by atoms with van der Waals surface area (Å²) >= 11 is 0.904. The van der Waals surface area contributed by atoms with Crippen LogP contribution >= 0.6 is 21.9 Å². The Labute approximate surface area is 146 Å². The smallest absolute Gasteiger partial charge is 0.216 e. The fourth-order valence-corrected chi connectivity index (χ4v) is 7.42. The molecule has 3 rings (SSSR count). The molecule has 0 radical (unpaired) electrons. The lowest BCUT2D eigenvalue weighted by molar-refractivity contribution is 0.427. The van der Waals surface area contributed by atoms with Gasteiger partial charge in [-0.25, -0.2) is 8.42 Å². The molecule has 0 amide bonds. The van der Waals surface area contributed by atoms with Crippen molar-refractivity contribution in [1.29, 1.82) is 5.26 Å².